The first-order valence-electron chi connectivity index (χ1n) is 11.3. The summed E-state index contributed by atoms with van der Waals surface area (Å²) in [6.45, 7) is 4.91. The molecule has 7 nitrogen and oxygen atoms in total. The number of carboxylic acids is 1. The van der Waals surface area contributed by atoms with Crippen LogP contribution in [0.2, 0.25) is 0 Å². The first kappa shape index (κ1) is 24.3. The van der Waals surface area contributed by atoms with E-state index >= 15 is 0 Å². The summed E-state index contributed by atoms with van der Waals surface area (Å²) < 4.78 is 13.4. The van der Waals surface area contributed by atoms with E-state index in [0.29, 0.717) is 42.3 Å². The number of carbonyl (C=O) groups is 1. The van der Waals surface area contributed by atoms with E-state index in [2.05, 4.69) is 6.92 Å². The molecule has 176 valence electrons. The van der Waals surface area contributed by atoms with Crippen molar-refractivity contribution < 1.29 is 24.5 Å². The zero-order valence-corrected chi connectivity index (χ0v) is 19.5. The van der Waals surface area contributed by atoms with Gasteiger partial charge in [-0.2, -0.15) is 5.10 Å². The highest BCUT2D eigenvalue weighted by Crippen LogP contribution is 2.36. The molecule has 1 aromatic heterocycles. The molecule has 0 aliphatic carbocycles. The van der Waals surface area contributed by atoms with Crippen LogP contribution in [0.5, 0.6) is 11.5 Å². The molecule has 3 rings (SSSR count). The van der Waals surface area contributed by atoms with Gasteiger partial charge < -0.3 is 19.7 Å². The van der Waals surface area contributed by atoms with Crippen molar-refractivity contribution in [2.24, 2.45) is 0 Å². The molecule has 0 unspecified atom stereocenters. The summed E-state index contributed by atoms with van der Waals surface area (Å²) in [5, 5.41) is 24.4. The van der Waals surface area contributed by atoms with Gasteiger partial charge in [-0.1, -0.05) is 38.5 Å². The number of para-hydroxylation sites is 1. The second-order valence-corrected chi connectivity index (χ2v) is 7.96. The van der Waals surface area contributed by atoms with Crippen molar-refractivity contribution in [1.29, 1.82) is 0 Å². The fraction of sp³-hybridized carbons (Fsp3) is 0.385. The molecule has 7 heteroatoms. The molecule has 1 atom stereocenters. The van der Waals surface area contributed by atoms with Gasteiger partial charge in [-0.15, -0.1) is 0 Å². The van der Waals surface area contributed by atoms with Crippen LogP contribution >= 0.6 is 0 Å². The summed E-state index contributed by atoms with van der Waals surface area (Å²) in [5.74, 6) is 0.465. The van der Waals surface area contributed by atoms with Crippen LogP contribution in [-0.2, 0) is 17.8 Å². The quantitative estimate of drug-likeness (QED) is 0.383. The van der Waals surface area contributed by atoms with Crippen LogP contribution in [0, 0.1) is 0 Å². The van der Waals surface area contributed by atoms with Crippen molar-refractivity contribution in [1.82, 2.24) is 9.78 Å². The Morgan fingerprint density at radius 1 is 1.09 bits per heavy atom. The Labute approximate surface area is 194 Å². The van der Waals surface area contributed by atoms with Crippen LogP contribution in [0.3, 0.4) is 0 Å². The average molecular weight is 453 g/mol. The number of aromatic nitrogens is 2. The number of aliphatic carboxylic acids is 1. The lowest BCUT2D eigenvalue weighted by atomic mass is 10.0. The number of hydrogen-bond acceptors (Lipinski definition) is 5. The topological polar surface area (TPSA) is 93.8 Å². The summed E-state index contributed by atoms with van der Waals surface area (Å²) >= 11 is 0. The lowest BCUT2D eigenvalue weighted by Crippen LogP contribution is -2.16. The Morgan fingerprint density at radius 2 is 1.88 bits per heavy atom. The van der Waals surface area contributed by atoms with E-state index in [-0.39, 0.29) is 6.42 Å². The Hall–Kier alpha value is -3.32. The zero-order valence-electron chi connectivity index (χ0n) is 19.5. The van der Waals surface area contributed by atoms with Crippen molar-refractivity contribution in [3.63, 3.8) is 0 Å². The largest absolute Gasteiger partial charge is 0.496 e. The van der Waals surface area contributed by atoms with Crippen molar-refractivity contribution in [3.05, 3.63) is 54.1 Å². The monoisotopic (exact) mass is 452 g/mol. The maximum absolute atomic E-state index is 11.3. The Bertz CT molecular complexity index is 1080. The molecular formula is C26H32N2O5. The summed E-state index contributed by atoms with van der Waals surface area (Å²) in [5.41, 5.74) is 3.71. The highest BCUT2D eigenvalue weighted by Gasteiger charge is 2.19. The van der Waals surface area contributed by atoms with Crippen molar-refractivity contribution in [3.8, 4) is 34.0 Å². The standard InChI is InChI=1S/C26H32N2O5/c1-4-6-13-33-25-12-11-18(15-26(30)31)14-21(25)22-16-23(28(27-22)17-19(29)5-2)20-9-7-8-10-24(20)32-3/h7-12,14,16,19,29H,4-6,13,15,17H2,1-3H3,(H,30,31)/t19-/m0/s1. The maximum Gasteiger partial charge on any atom is 0.307 e. The van der Waals surface area contributed by atoms with E-state index in [1.54, 1.807) is 17.9 Å². The SMILES string of the molecule is CCCCOc1ccc(CC(=O)O)cc1-c1cc(-c2ccccc2OC)n(C[C@@H](O)CC)n1. The van der Waals surface area contributed by atoms with E-state index in [1.807, 2.05) is 49.4 Å². The van der Waals surface area contributed by atoms with Gasteiger partial charge in [-0.3, -0.25) is 9.48 Å². The third kappa shape index (κ3) is 6.14. The van der Waals surface area contributed by atoms with Crippen LogP contribution in [-0.4, -0.2) is 45.8 Å². The lowest BCUT2D eigenvalue weighted by molar-refractivity contribution is -0.136. The molecule has 2 N–H and O–H groups in total. The van der Waals surface area contributed by atoms with Gasteiger partial charge >= 0.3 is 5.97 Å². The molecule has 0 amide bonds. The van der Waals surface area contributed by atoms with E-state index in [9.17, 15) is 15.0 Å². The number of rotatable bonds is 12. The molecule has 3 aromatic rings. The van der Waals surface area contributed by atoms with E-state index in [0.717, 1.165) is 29.7 Å². The average Bonchev–Trinajstić information content (AvgIpc) is 3.22. The lowest BCUT2D eigenvalue weighted by Gasteiger charge is -2.13. The third-order valence-electron chi connectivity index (χ3n) is 5.45. The van der Waals surface area contributed by atoms with E-state index in [1.165, 1.54) is 0 Å². The fourth-order valence-corrected chi connectivity index (χ4v) is 3.60. The van der Waals surface area contributed by atoms with Gasteiger partial charge in [0.1, 0.15) is 11.5 Å². The molecule has 0 saturated carbocycles. The Morgan fingerprint density at radius 3 is 2.58 bits per heavy atom. The molecule has 0 aliphatic heterocycles. The Kier molecular flexibility index (Phi) is 8.49. The number of ether oxygens (including phenoxy) is 2. The smallest absolute Gasteiger partial charge is 0.307 e. The number of benzene rings is 2. The maximum atomic E-state index is 11.3. The van der Waals surface area contributed by atoms with Crippen LogP contribution < -0.4 is 9.47 Å². The van der Waals surface area contributed by atoms with Gasteiger partial charge in [-0.25, -0.2) is 0 Å². The number of nitrogens with zero attached hydrogens (tertiary/aromatic N) is 2. The molecule has 1 heterocycles. The number of aliphatic hydroxyl groups is 1. The van der Waals surface area contributed by atoms with Gasteiger partial charge in [0, 0.05) is 11.1 Å². The zero-order chi connectivity index (χ0) is 23.8. The number of carboxylic acid groups (broad SMARTS) is 1. The van der Waals surface area contributed by atoms with Crippen LogP contribution in [0.1, 0.15) is 38.7 Å². The second-order valence-electron chi connectivity index (χ2n) is 7.96. The third-order valence-corrected chi connectivity index (χ3v) is 5.45. The summed E-state index contributed by atoms with van der Waals surface area (Å²) in [4.78, 5) is 11.3. The molecule has 0 spiro atoms. The van der Waals surface area contributed by atoms with Crippen molar-refractivity contribution >= 4 is 5.97 Å². The summed E-state index contributed by atoms with van der Waals surface area (Å²) in [6.07, 6.45) is 1.88. The first-order chi connectivity index (χ1) is 16.0. The molecule has 0 saturated heterocycles. The van der Waals surface area contributed by atoms with Gasteiger partial charge in [0.25, 0.3) is 0 Å². The fourth-order valence-electron chi connectivity index (χ4n) is 3.60. The van der Waals surface area contributed by atoms with Gasteiger partial charge in [0.2, 0.25) is 0 Å². The normalized spacial score (nSPS) is 11.9. The number of unbranched alkanes of at least 4 members (excludes halogenated alkanes) is 1. The number of aliphatic hydroxyl groups excluding tert-OH is 1. The van der Waals surface area contributed by atoms with Crippen LogP contribution in [0.4, 0.5) is 0 Å². The van der Waals surface area contributed by atoms with Gasteiger partial charge in [0.15, 0.2) is 0 Å². The van der Waals surface area contributed by atoms with Crippen LogP contribution in [0.25, 0.3) is 22.5 Å². The van der Waals surface area contributed by atoms with Crippen LogP contribution in [0.15, 0.2) is 48.5 Å². The molecule has 0 bridgehead atoms. The van der Waals surface area contributed by atoms with Crippen molar-refractivity contribution in [2.75, 3.05) is 13.7 Å². The highest BCUT2D eigenvalue weighted by atomic mass is 16.5. The minimum atomic E-state index is -0.896. The van der Waals surface area contributed by atoms with E-state index in [4.69, 9.17) is 14.6 Å². The van der Waals surface area contributed by atoms with Gasteiger partial charge in [0.05, 0.1) is 44.2 Å². The highest BCUT2D eigenvalue weighted by molar-refractivity contribution is 5.77. The van der Waals surface area contributed by atoms with Crippen molar-refractivity contribution in [2.45, 2.75) is 52.2 Å². The first-order valence-corrected chi connectivity index (χ1v) is 11.3. The summed E-state index contributed by atoms with van der Waals surface area (Å²) in [7, 11) is 1.62. The molecule has 33 heavy (non-hydrogen) atoms. The number of hydrogen-bond donors (Lipinski definition) is 2. The molecular weight excluding hydrogens is 420 g/mol. The Balaban J connectivity index is 2.13. The number of methoxy groups -OCH3 is 1. The minimum absolute atomic E-state index is 0.0864. The predicted molar refractivity (Wildman–Crippen MR) is 128 cm³/mol. The molecule has 2 aromatic carbocycles. The minimum Gasteiger partial charge on any atom is -0.496 e. The molecule has 0 fully saturated rings. The van der Waals surface area contributed by atoms with E-state index < -0.39 is 12.1 Å². The molecule has 0 radical (unpaired) electrons. The second kappa shape index (κ2) is 11.5. The van der Waals surface area contributed by atoms with Gasteiger partial charge in [-0.05, 0) is 48.7 Å². The predicted octanol–water partition coefficient (Wildman–Crippen LogP) is 4.80. The molecule has 0 aliphatic rings. The summed E-state index contributed by atoms with van der Waals surface area (Å²) in [6, 6.07) is 15.0.